The van der Waals surface area contributed by atoms with Crippen molar-refractivity contribution in [3.8, 4) is 17.2 Å². The first-order valence-electron chi connectivity index (χ1n) is 7.72. The number of nitrogens with zero attached hydrogens (tertiary/aromatic N) is 3. The summed E-state index contributed by atoms with van der Waals surface area (Å²) in [7, 11) is 3.75. The molecule has 124 valence electrons. The number of morpholine rings is 1. The zero-order valence-corrected chi connectivity index (χ0v) is 13.5. The van der Waals surface area contributed by atoms with E-state index in [0.717, 1.165) is 37.6 Å². The largest absolute Gasteiger partial charge is 0.497 e. The van der Waals surface area contributed by atoms with E-state index in [2.05, 4.69) is 27.4 Å². The van der Waals surface area contributed by atoms with Gasteiger partial charge >= 0.3 is 0 Å². The average Bonchev–Trinajstić information content (AvgIpc) is 3.04. The van der Waals surface area contributed by atoms with Crippen molar-refractivity contribution in [3.63, 3.8) is 0 Å². The maximum Gasteiger partial charge on any atom is 0.257 e. The lowest BCUT2D eigenvalue weighted by atomic mass is 10.2. The van der Waals surface area contributed by atoms with Crippen LogP contribution in [-0.4, -0.2) is 61.5 Å². The summed E-state index contributed by atoms with van der Waals surface area (Å²) >= 11 is 0. The lowest BCUT2D eigenvalue weighted by Gasteiger charge is -2.30. The van der Waals surface area contributed by atoms with E-state index in [4.69, 9.17) is 14.0 Å². The Bertz CT molecular complexity index is 614. The van der Waals surface area contributed by atoms with Gasteiger partial charge in [0.2, 0.25) is 0 Å². The van der Waals surface area contributed by atoms with Crippen molar-refractivity contribution >= 4 is 0 Å². The molecule has 1 N–H and O–H groups in total. The van der Waals surface area contributed by atoms with E-state index in [0.29, 0.717) is 18.3 Å². The van der Waals surface area contributed by atoms with Crippen molar-refractivity contribution in [1.29, 1.82) is 0 Å². The quantitative estimate of drug-likeness (QED) is 0.857. The van der Waals surface area contributed by atoms with Crippen LogP contribution in [0.3, 0.4) is 0 Å². The SMILES string of the molecule is COc1ccc(-c2nc(CNCC3CN(C)CCO3)no2)cc1. The predicted octanol–water partition coefficient (Wildman–Crippen LogP) is 1.17. The van der Waals surface area contributed by atoms with Gasteiger partial charge in [-0.15, -0.1) is 0 Å². The van der Waals surface area contributed by atoms with Crippen molar-refractivity contribution in [3.05, 3.63) is 30.1 Å². The van der Waals surface area contributed by atoms with Gasteiger partial charge in [0.1, 0.15) is 5.75 Å². The number of nitrogens with one attached hydrogen (secondary N) is 1. The summed E-state index contributed by atoms with van der Waals surface area (Å²) in [5.74, 6) is 1.95. The standard InChI is InChI=1S/C16H22N4O3/c1-20-7-8-22-14(11-20)9-17-10-15-18-16(23-19-15)12-3-5-13(21-2)6-4-12/h3-6,14,17H,7-11H2,1-2H3. The topological polar surface area (TPSA) is 72.7 Å². The fourth-order valence-corrected chi connectivity index (χ4v) is 2.51. The van der Waals surface area contributed by atoms with E-state index in [9.17, 15) is 0 Å². The highest BCUT2D eigenvalue weighted by Gasteiger charge is 2.17. The molecule has 1 aromatic carbocycles. The van der Waals surface area contributed by atoms with Crippen LogP contribution < -0.4 is 10.1 Å². The Balaban J connectivity index is 1.50. The predicted molar refractivity (Wildman–Crippen MR) is 85.2 cm³/mol. The summed E-state index contributed by atoms with van der Waals surface area (Å²) in [4.78, 5) is 6.67. The molecule has 0 aliphatic carbocycles. The highest BCUT2D eigenvalue weighted by atomic mass is 16.5. The Kier molecular flexibility index (Phi) is 5.22. The molecule has 1 fully saturated rings. The minimum absolute atomic E-state index is 0.210. The van der Waals surface area contributed by atoms with Gasteiger partial charge in [0, 0.05) is 25.2 Å². The molecule has 2 heterocycles. The van der Waals surface area contributed by atoms with Gasteiger partial charge in [0.25, 0.3) is 5.89 Å². The van der Waals surface area contributed by atoms with Crippen LogP contribution in [0.15, 0.2) is 28.8 Å². The number of ether oxygens (including phenoxy) is 2. The number of likely N-dealkylation sites (N-methyl/N-ethyl adjacent to an activating group) is 1. The summed E-state index contributed by atoms with van der Waals surface area (Å²) in [5.41, 5.74) is 0.877. The molecule has 0 radical (unpaired) electrons. The van der Waals surface area contributed by atoms with Crippen molar-refractivity contribution in [1.82, 2.24) is 20.4 Å². The van der Waals surface area contributed by atoms with Crippen molar-refractivity contribution in [2.24, 2.45) is 0 Å². The van der Waals surface area contributed by atoms with Crippen LogP contribution in [-0.2, 0) is 11.3 Å². The molecule has 1 aliphatic heterocycles. The van der Waals surface area contributed by atoms with Gasteiger partial charge in [-0.25, -0.2) is 0 Å². The number of benzene rings is 1. The first-order valence-corrected chi connectivity index (χ1v) is 7.72. The Hall–Kier alpha value is -1.96. The Morgan fingerprint density at radius 2 is 2.17 bits per heavy atom. The van der Waals surface area contributed by atoms with E-state index in [1.165, 1.54) is 0 Å². The van der Waals surface area contributed by atoms with Gasteiger partial charge in [0.15, 0.2) is 5.82 Å². The van der Waals surface area contributed by atoms with Gasteiger partial charge < -0.3 is 24.2 Å². The fraction of sp³-hybridized carbons (Fsp3) is 0.500. The number of rotatable bonds is 6. The second kappa shape index (κ2) is 7.54. The third-order valence-electron chi connectivity index (χ3n) is 3.80. The fourth-order valence-electron chi connectivity index (χ4n) is 2.51. The molecule has 0 amide bonds. The molecule has 7 heteroatoms. The molecule has 23 heavy (non-hydrogen) atoms. The van der Waals surface area contributed by atoms with Gasteiger partial charge in [-0.2, -0.15) is 4.98 Å². The Labute approximate surface area is 135 Å². The monoisotopic (exact) mass is 318 g/mol. The van der Waals surface area contributed by atoms with Crippen LogP contribution >= 0.6 is 0 Å². The van der Waals surface area contributed by atoms with Crippen LogP contribution in [0.4, 0.5) is 0 Å². The highest BCUT2D eigenvalue weighted by Crippen LogP contribution is 2.20. The van der Waals surface area contributed by atoms with E-state index >= 15 is 0 Å². The average molecular weight is 318 g/mol. The lowest BCUT2D eigenvalue weighted by Crippen LogP contribution is -2.44. The van der Waals surface area contributed by atoms with Crippen LogP contribution in [0.2, 0.25) is 0 Å². The first-order chi connectivity index (χ1) is 11.2. The lowest BCUT2D eigenvalue weighted by molar-refractivity contribution is -0.0182. The minimum Gasteiger partial charge on any atom is -0.497 e. The molecule has 1 unspecified atom stereocenters. The number of hydrogen-bond acceptors (Lipinski definition) is 7. The molecule has 1 aromatic heterocycles. The molecular formula is C16H22N4O3. The van der Waals surface area contributed by atoms with E-state index in [-0.39, 0.29) is 6.10 Å². The molecular weight excluding hydrogens is 296 g/mol. The van der Waals surface area contributed by atoms with Gasteiger partial charge in [-0.3, -0.25) is 0 Å². The summed E-state index contributed by atoms with van der Waals surface area (Å²) in [5, 5.41) is 7.32. The second-order valence-corrected chi connectivity index (χ2v) is 5.63. The van der Waals surface area contributed by atoms with Gasteiger partial charge in [-0.1, -0.05) is 5.16 Å². The molecule has 1 saturated heterocycles. The highest BCUT2D eigenvalue weighted by molar-refractivity contribution is 5.54. The first kappa shape index (κ1) is 15.9. The van der Waals surface area contributed by atoms with Crippen LogP contribution in [0.1, 0.15) is 5.82 Å². The number of aromatic nitrogens is 2. The molecule has 2 aromatic rings. The zero-order valence-electron chi connectivity index (χ0n) is 13.5. The summed E-state index contributed by atoms with van der Waals surface area (Å²) < 4.78 is 16.1. The normalized spacial score (nSPS) is 19.0. The number of methoxy groups -OCH3 is 1. The van der Waals surface area contributed by atoms with Gasteiger partial charge in [0.05, 0.1) is 26.4 Å². The maximum atomic E-state index is 5.70. The minimum atomic E-state index is 0.210. The van der Waals surface area contributed by atoms with Crippen molar-refractivity contribution in [2.45, 2.75) is 12.6 Å². The van der Waals surface area contributed by atoms with Crippen LogP contribution in [0, 0.1) is 0 Å². The molecule has 7 nitrogen and oxygen atoms in total. The van der Waals surface area contributed by atoms with E-state index in [1.807, 2.05) is 24.3 Å². The Morgan fingerprint density at radius 3 is 2.91 bits per heavy atom. The van der Waals surface area contributed by atoms with E-state index < -0.39 is 0 Å². The van der Waals surface area contributed by atoms with Crippen LogP contribution in [0.25, 0.3) is 11.5 Å². The molecule has 0 bridgehead atoms. The molecule has 0 saturated carbocycles. The maximum absolute atomic E-state index is 5.70. The smallest absolute Gasteiger partial charge is 0.257 e. The molecule has 3 rings (SSSR count). The van der Waals surface area contributed by atoms with Crippen molar-refractivity contribution in [2.75, 3.05) is 40.4 Å². The van der Waals surface area contributed by atoms with Crippen molar-refractivity contribution < 1.29 is 14.0 Å². The third-order valence-corrected chi connectivity index (χ3v) is 3.80. The summed E-state index contributed by atoms with van der Waals surface area (Å²) in [6.45, 7) is 4.05. The zero-order chi connectivity index (χ0) is 16.1. The van der Waals surface area contributed by atoms with Gasteiger partial charge in [-0.05, 0) is 31.3 Å². The summed E-state index contributed by atoms with van der Waals surface area (Å²) in [6, 6.07) is 7.53. The third kappa shape index (κ3) is 4.28. The molecule has 1 aliphatic rings. The molecule has 1 atom stereocenters. The summed E-state index contributed by atoms with van der Waals surface area (Å²) in [6.07, 6.45) is 0.210. The van der Waals surface area contributed by atoms with E-state index in [1.54, 1.807) is 7.11 Å². The molecule has 0 spiro atoms. The Morgan fingerprint density at radius 1 is 1.35 bits per heavy atom. The van der Waals surface area contributed by atoms with Crippen LogP contribution in [0.5, 0.6) is 5.75 Å². The number of hydrogen-bond donors (Lipinski definition) is 1. The second-order valence-electron chi connectivity index (χ2n) is 5.63.